The van der Waals surface area contributed by atoms with E-state index in [0.717, 1.165) is 45.3 Å². The quantitative estimate of drug-likeness (QED) is 0.910. The van der Waals surface area contributed by atoms with Gasteiger partial charge in [0, 0.05) is 44.7 Å². The Morgan fingerprint density at radius 3 is 2.72 bits per heavy atom. The van der Waals surface area contributed by atoms with Crippen molar-refractivity contribution in [2.24, 2.45) is 5.41 Å². The number of aliphatic hydroxyl groups excluding tert-OH is 1. The number of hydrogen-bond donors (Lipinski definition) is 1. The summed E-state index contributed by atoms with van der Waals surface area (Å²) in [6.45, 7) is 9.50. The molecule has 0 unspecified atom stereocenters. The Hall–Kier alpha value is -1.17. The summed E-state index contributed by atoms with van der Waals surface area (Å²) in [6, 6.07) is 4.05. The first-order valence-corrected chi connectivity index (χ1v) is 9.37. The van der Waals surface area contributed by atoms with E-state index in [1.165, 1.54) is 5.56 Å². The van der Waals surface area contributed by atoms with Crippen LogP contribution in [0.1, 0.15) is 52.0 Å². The van der Waals surface area contributed by atoms with Gasteiger partial charge in [-0.15, -0.1) is 0 Å². The molecule has 5 nitrogen and oxygen atoms in total. The maximum Gasteiger partial charge on any atom is 0.213 e. The summed E-state index contributed by atoms with van der Waals surface area (Å²) in [4.78, 5) is 6.63. The van der Waals surface area contributed by atoms with Crippen LogP contribution in [0.3, 0.4) is 0 Å². The van der Waals surface area contributed by atoms with Crippen LogP contribution in [0, 0.1) is 5.41 Å². The molecular formula is C20H32N2O3. The van der Waals surface area contributed by atoms with Gasteiger partial charge in [-0.1, -0.05) is 20.8 Å². The van der Waals surface area contributed by atoms with Crippen molar-refractivity contribution in [2.45, 2.75) is 70.8 Å². The highest BCUT2D eigenvalue weighted by Gasteiger charge is 2.46. The van der Waals surface area contributed by atoms with E-state index in [1.54, 1.807) is 13.3 Å². The van der Waals surface area contributed by atoms with Crippen LogP contribution in [0.5, 0.6) is 5.88 Å². The topological polar surface area (TPSA) is 54.8 Å². The second kappa shape index (κ2) is 7.22. The van der Waals surface area contributed by atoms with Crippen LogP contribution in [-0.4, -0.2) is 53.0 Å². The molecule has 0 saturated carbocycles. The SMILES string of the molecule is COc1cc(CN2CCC3(CC2)C[C@H](O)C[C@H](C(C)(C)C)O3)ccn1. The summed E-state index contributed by atoms with van der Waals surface area (Å²) in [5, 5.41) is 10.4. The van der Waals surface area contributed by atoms with E-state index in [0.29, 0.717) is 5.88 Å². The number of aromatic nitrogens is 1. The Morgan fingerprint density at radius 1 is 1.36 bits per heavy atom. The molecule has 25 heavy (non-hydrogen) atoms. The Balaban J connectivity index is 1.60. The van der Waals surface area contributed by atoms with Gasteiger partial charge in [0.1, 0.15) is 0 Å². The number of aliphatic hydroxyl groups is 1. The minimum Gasteiger partial charge on any atom is -0.481 e. The third-order valence-corrected chi connectivity index (χ3v) is 5.63. The van der Waals surface area contributed by atoms with Crippen molar-refractivity contribution in [3.8, 4) is 5.88 Å². The van der Waals surface area contributed by atoms with Gasteiger partial charge < -0.3 is 14.6 Å². The van der Waals surface area contributed by atoms with Gasteiger partial charge in [-0.3, -0.25) is 4.90 Å². The zero-order valence-electron chi connectivity index (χ0n) is 16.0. The molecule has 0 radical (unpaired) electrons. The van der Waals surface area contributed by atoms with Gasteiger partial charge in [-0.25, -0.2) is 4.98 Å². The number of pyridine rings is 1. The fraction of sp³-hybridized carbons (Fsp3) is 0.750. The number of rotatable bonds is 3. The molecule has 2 aliphatic rings. The molecule has 2 atom stereocenters. The summed E-state index contributed by atoms with van der Waals surface area (Å²) >= 11 is 0. The molecule has 5 heteroatoms. The Morgan fingerprint density at radius 2 is 2.08 bits per heavy atom. The van der Waals surface area contributed by atoms with Gasteiger partial charge in [0.2, 0.25) is 5.88 Å². The monoisotopic (exact) mass is 348 g/mol. The van der Waals surface area contributed by atoms with Crippen molar-refractivity contribution < 1.29 is 14.6 Å². The lowest BCUT2D eigenvalue weighted by Crippen LogP contribution is -2.55. The van der Waals surface area contributed by atoms with E-state index in [9.17, 15) is 5.11 Å². The van der Waals surface area contributed by atoms with Gasteiger partial charge in [-0.05, 0) is 29.9 Å². The van der Waals surface area contributed by atoms with Crippen LogP contribution >= 0.6 is 0 Å². The van der Waals surface area contributed by atoms with E-state index in [2.05, 4.69) is 30.7 Å². The van der Waals surface area contributed by atoms with Crippen molar-refractivity contribution in [3.05, 3.63) is 23.9 Å². The lowest BCUT2D eigenvalue weighted by Gasteiger charge is -2.50. The fourth-order valence-corrected chi connectivity index (χ4v) is 4.05. The molecule has 2 saturated heterocycles. The summed E-state index contributed by atoms with van der Waals surface area (Å²) < 4.78 is 11.8. The molecule has 0 aliphatic carbocycles. The fourth-order valence-electron chi connectivity index (χ4n) is 4.05. The second-order valence-corrected chi connectivity index (χ2v) is 8.73. The number of methoxy groups -OCH3 is 1. The van der Waals surface area contributed by atoms with Crippen molar-refractivity contribution in [1.82, 2.24) is 9.88 Å². The first-order valence-electron chi connectivity index (χ1n) is 9.37. The van der Waals surface area contributed by atoms with Crippen molar-refractivity contribution in [2.75, 3.05) is 20.2 Å². The number of piperidine rings is 1. The molecule has 1 spiro atoms. The van der Waals surface area contributed by atoms with Crippen molar-refractivity contribution >= 4 is 0 Å². The van der Waals surface area contributed by atoms with Crippen LogP contribution in [0.2, 0.25) is 0 Å². The molecule has 3 rings (SSSR count). The van der Waals surface area contributed by atoms with Gasteiger partial charge >= 0.3 is 0 Å². The molecule has 1 aromatic heterocycles. The van der Waals surface area contributed by atoms with Crippen LogP contribution in [0.15, 0.2) is 18.3 Å². The molecule has 1 aromatic rings. The number of hydrogen-bond acceptors (Lipinski definition) is 5. The third kappa shape index (κ3) is 4.52. The summed E-state index contributed by atoms with van der Waals surface area (Å²) in [5.41, 5.74) is 1.14. The van der Waals surface area contributed by atoms with Gasteiger partial charge in [0.05, 0.1) is 24.9 Å². The first kappa shape index (κ1) is 18.6. The van der Waals surface area contributed by atoms with Crippen LogP contribution in [0.25, 0.3) is 0 Å². The normalized spacial score (nSPS) is 27.4. The predicted octanol–water partition coefficient (Wildman–Crippen LogP) is 3.01. The van der Waals surface area contributed by atoms with Gasteiger partial charge in [0.15, 0.2) is 0 Å². The molecule has 0 amide bonds. The van der Waals surface area contributed by atoms with E-state index in [4.69, 9.17) is 9.47 Å². The van der Waals surface area contributed by atoms with Crippen LogP contribution in [0.4, 0.5) is 0 Å². The molecule has 3 heterocycles. The third-order valence-electron chi connectivity index (χ3n) is 5.63. The lowest BCUT2D eigenvalue weighted by molar-refractivity contribution is -0.207. The minimum absolute atomic E-state index is 0.0686. The van der Waals surface area contributed by atoms with Crippen LogP contribution in [-0.2, 0) is 11.3 Å². The lowest BCUT2D eigenvalue weighted by atomic mass is 9.76. The zero-order valence-corrected chi connectivity index (χ0v) is 16.0. The van der Waals surface area contributed by atoms with Gasteiger partial charge in [0.25, 0.3) is 0 Å². The molecule has 0 bridgehead atoms. The molecule has 1 N–H and O–H groups in total. The maximum absolute atomic E-state index is 10.4. The van der Waals surface area contributed by atoms with Crippen LogP contribution < -0.4 is 4.74 Å². The molecule has 0 aromatic carbocycles. The predicted molar refractivity (Wildman–Crippen MR) is 97.6 cm³/mol. The maximum atomic E-state index is 10.4. The Kier molecular flexibility index (Phi) is 5.37. The average Bonchev–Trinajstić information content (AvgIpc) is 2.56. The van der Waals surface area contributed by atoms with Crippen molar-refractivity contribution in [1.29, 1.82) is 0 Å². The van der Waals surface area contributed by atoms with Crippen molar-refractivity contribution in [3.63, 3.8) is 0 Å². The Labute approximate surface area is 151 Å². The number of nitrogens with zero attached hydrogens (tertiary/aromatic N) is 2. The first-order chi connectivity index (χ1) is 11.8. The second-order valence-electron chi connectivity index (χ2n) is 8.73. The van der Waals surface area contributed by atoms with E-state index < -0.39 is 0 Å². The standard InChI is InChI=1S/C20H32N2O3/c1-19(2,3)17-12-16(23)13-20(25-17)6-9-22(10-7-20)14-15-5-8-21-18(11-15)24-4/h5,8,11,16-17,23H,6-7,9-10,12-14H2,1-4H3/t16-,17-/m1/s1. The highest BCUT2D eigenvalue weighted by Crippen LogP contribution is 2.42. The van der Waals surface area contributed by atoms with E-state index >= 15 is 0 Å². The summed E-state index contributed by atoms with van der Waals surface area (Å²) in [5.74, 6) is 0.665. The summed E-state index contributed by atoms with van der Waals surface area (Å²) in [6.07, 6.45) is 5.19. The average molecular weight is 348 g/mol. The molecule has 2 aliphatic heterocycles. The van der Waals surface area contributed by atoms with Gasteiger partial charge in [-0.2, -0.15) is 0 Å². The molecule has 140 valence electrons. The minimum atomic E-state index is -0.242. The number of ether oxygens (including phenoxy) is 2. The Bertz CT molecular complexity index is 577. The highest BCUT2D eigenvalue weighted by atomic mass is 16.5. The smallest absolute Gasteiger partial charge is 0.213 e. The molecule has 2 fully saturated rings. The zero-order chi connectivity index (χ0) is 18.1. The number of likely N-dealkylation sites (tertiary alicyclic amines) is 1. The summed E-state index contributed by atoms with van der Waals surface area (Å²) in [7, 11) is 1.65. The largest absolute Gasteiger partial charge is 0.481 e. The highest BCUT2D eigenvalue weighted by molar-refractivity contribution is 5.20. The van der Waals surface area contributed by atoms with E-state index in [1.807, 2.05) is 12.1 Å². The van der Waals surface area contributed by atoms with E-state index in [-0.39, 0.29) is 23.2 Å². The molecular weight excluding hydrogens is 316 g/mol.